The van der Waals surface area contributed by atoms with E-state index in [-0.39, 0.29) is 11.0 Å². The fourth-order valence-corrected chi connectivity index (χ4v) is 4.96. The van der Waals surface area contributed by atoms with Crippen molar-refractivity contribution in [2.45, 2.75) is 53.9 Å². The fourth-order valence-electron chi connectivity index (χ4n) is 3.93. The van der Waals surface area contributed by atoms with E-state index in [4.69, 9.17) is 23.1 Å². The predicted molar refractivity (Wildman–Crippen MR) is 116 cm³/mol. The van der Waals surface area contributed by atoms with E-state index in [1.807, 2.05) is 29.2 Å². The van der Waals surface area contributed by atoms with E-state index in [9.17, 15) is 13.2 Å². The van der Waals surface area contributed by atoms with Gasteiger partial charge in [0.25, 0.3) is 0 Å². The minimum absolute atomic E-state index is 0.0534. The zero-order chi connectivity index (χ0) is 22.2. The number of pyridine rings is 1. The number of nitrogens with two attached hydrogens (primary N) is 2. The molecule has 1 saturated carbocycles. The Hall–Kier alpha value is -2.46. The van der Waals surface area contributed by atoms with Gasteiger partial charge in [-0.25, -0.2) is 9.98 Å². The molecule has 31 heavy (non-hydrogen) atoms. The van der Waals surface area contributed by atoms with Crippen molar-refractivity contribution >= 4 is 41.0 Å². The Morgan fingerprint density at radius 3 is 2.35 bits per heavy atom. The van der Waals surface area contributed by atoms with Crippen LogP contribution < -0.4 is 16.4 Å². The lowest BCUT2D eigenvalue weighted by atomic mass is 9.87. The van der Waals surface area contributed by atoms with Gasteiger partial charge in [-0.1, -0.05) is 29.8 Å². The molecule has 0 saturated heterocycles. The van der Waals surface area contributed by atoms with Gasteiger partial charge < -0.3 is 11.5 Å². The van der Waals surface area contributed by atoms with Gasteiger partial charge in [-0.05, 0) is 56.0 Å². The van der Waals surface area contributed by atoms with Crippen LogP contribution in [-0.2, 0) is 6.18 Å². The van der Waals surface area contributed by atoms with Crippen LogP contribution in [0.1, 0.15) is 37.7 Å². The highest BCUT2D eigenvalue weighted by molar-refractivity contribution is 7.99. The summed E-state index contributed by atoms with van der Waals surface area (Å²) in [5, 5.41) is 0.241. The molecule has 6 nitrogen and oxygen atoms in total. The maximum atomic E-state index is 12.8. The molecule has 2 aromatic rings. The summed E-state index contributed by atoms with van der Waals surface area (Å²) < 4.78 is 38.4. The lowest BCUT2D eigenvalue weighted by Crippen LogP contribution is -2.58. The van der Waals surface area contributed by atoms with Gasteiger partial charge in [-0.3, -0.25) is 4.90 Å². The molecule has 4 N–H and O–H groups in total. The third kappa shape index (κ3) is 4.45. The van der Waals surface area contributed by atoms with Gasteiger partial charge in [-0.15, -0.1) is 0 Å². The molecule has 1 aliphatic carbocycles. The average molecular weight is 469 g/mol. The summed E-state index contributed by atoms with van der Waals surface area (Å²) in [5.41, 5.74) is 11.5. The maximum absolute atomic E-state index is 12.8. The normalized spacial score (nSPS) is 18.6. The zero-order valence-electron chi connectivity index (χ0n) is 16.4. The third-order valence-electron chi connectivity index (χ3n) is 5.30. The number of hydrogen-bond acceptors (Lipinski definition) is 7. The second-order valence-electron chi connectivity index (χ2n) is 7.42. The Morgan fingerprint density at radius 1 is 1.06 bits per heavy atom. The van der Waals surface area contributed by atoms with Gasteiger partial charge in [-0.2, -0.15) is 18.2 Å². The molecule has 164 valence electrons. The maximum Gasteiger partial charge on any atom is 0.417 e. The molecular weight excluding hydrogens is 449 g/mol. The summed E-state index contributed by atoms with van der Waals surface area (Å²) in [4.78, 5) is 15.3. The number of nitrogens with zero attached hydrogens (tertiary/aromatic N) is 4. The van der Waals surface area contributed by atoms with E-state index in [0.29, 0.717) is 11.0 Å². The van der Waals surface area contributed by atoms with Crippen molar-refractivity contribution in [2.75, 3.05) is 4.90 Å². The molecular formula is C20H20ClF3N6S. The Morgan fingerprint density at radius 2 is 1.74 bits per heavy atom. The van der Waals surface area contributed by atoms with Crippen LogP contribution in [0.3, 0.4) is 0 Å². The molecule has 1 fully saturated rings. The number of benzene rings is 1. The van der Waals surface area contributed by atoms with E-state index >= 15 is 0 Å². The van der Waals surface area contributed by atoms with Crippen molar-refractivity contribution in [3.05, 3.63) is 47.1 Å². The average Bonchev–Trinajstić information content (AvgIpc) is 2.70. The smallest absolute Gasteiger partial charge is 0.369 e. The van der Waals surface area contributed by atoms with Crippen molar-refractivity contribution in [3.8, 4) is 0 Å². The largest absolute Gasteiger partial charge is 0.417 e. The number of halogens is 4. The number of hydrogen-bond donors (Lipinski definition) is 2. The van der Waals surface area contributed by atoms with Gasteiger partial charge in [0.15, 0.2) is 0 Å². The number of anilines is 1. The summed E-state index contributed by atoms with van der Waals surface area (Å²) >= 11 is 7.20. The second-order valence-corrected chi connectivity index (χ2v) is 8.89. The van der Waals surface area contributed by atoms with E-state index in [1.165, 1.54) is 11.8 Å². The minimum Gasteiger partial charge on any atom is -0.369 e. The SMILES string of the molecule is NC1=NC2(CCCCC2)N(c2ccc(Sc3ncc(C(F)(F)F)cc3Cl)cc2)C(N)=N1. The van der Waals surface area contributed by atoms with Crippen LogP contribution in [0.4, 0.5) is 18.9 Å². The molecule has 1 spiro atoms. The highest BCUT2D eigenvalue weighted by Crippen LogP contribution is 2.41. The summed E-state index contributed by atoms with van der Waals surface area (Å²) in [6.45, 7) is 0. The fraction of sp³-hybridized carbons (Fsp3) is 0.350. The Bertz CT molecular complexity index is 1030. The predicted octanol–water partition coefficient (Wildman–Crippen LogP) is 5.01. The standard InChI is InChI=1S/C20H20ClF3N6S/c21-15-10-12(20(22,23)24)11-27-16(15)31-14-6-4-13(5-7-14)30-18(26)28-17(25)29-19(30)8-2-1-3-9-19/h4-7,10-11H,1-3,8-9H2,(H4,25,26,28,29). The van der Waals surface area contributed by atoms with E-state index in [2.05, 4.69) is 15.0 Å². The molecule has 0 atom stereocenters. The van der Waals surface area contributed by atoms with Gasteiger partial charge >= 0.3 is 6.18 Å². The lowest BCUT2D eigenvalue weighted by Gasteiger charge is -2.45. The topological polar surface area (TPSA) is 92.9 Å². The molecule has 0 bridgehead atoms. The molecule has 11 heteroatoms. The Balaban J connectivity index is 1.58. The van der Waals surface area contributed by atoms with Crippen molar-refractivity contribution in [2.24, 2.45) is 21.5 Å². The van der Waals surface area contributed by atoms with Crippen molar-refractivity contribution in [1.82, 2.24) is 4.98 Å². The van der Waals surface area contributed by atoms with Gasteiger partial charge in [0.1, 0.15) is 10.7 Å². The molecule has 4 rings (SSSR count). The Kier molecular flexibility index (Phi) is 5.78. The van der Waals surface area contributed by atoms with Crippen molar-refractivity contribution < 1.29 is 13.2 Å². The van der Waals surface area contributed by atoms with Gasteiger partial charge in [0.05, 0.1) is 10.6 Å². The minimum atomic E-state index is -4.49. The van der Waals surface area contributed by atoms with E-state index < -0.39 is 17.4 Å². The second kappa shape index (κ2) is 8.23. The molecule has 0 amide bonds. The van der Waals surface area contributed by atoms with E-state index in [0.717, 1.165) is 55.0 Å². The first-order valence-electron chi connectivity index (χ1n) is 9.68. The molecule has 0 unspecified atom stereocenters. The molecule has 0 radical (unpaired) electrons. The molecule has 1 aromatic carbocycles. The highest BCUT2D eigenvalue weighted by atomic mass is 35.5. The number of aliphatic imine (C=N–C) groups is 2. The summed E-state index contributed by atoms with van der Waals surface area (Å²) in [6, 6.07) is 8.29. The number of alkyl halides is 3. The number of aromatic nitrogens is 1. The Labute approximate surface area is 186 Å². The summed E-state index contributed by atoms with van der Waals surface area (Å²) in [5.74, 6) is 0.480. The zero-order valence-corrected chi connectivity index (χ0v) is 17.9. The molecule has 1 aromatic heterocycles. The van der Waals surface area contributed by atoms with Crippen molar-refractivity contribution in [1.29, 1.82) is 0 Å². The van der Waals surface area contributed by atoms with Crippen LogP contribution in [0, 0.1) is 0 Å². The first-order valence-corrected chi connectivity index (χ1v) is 10.9. The quantitative estimate of drug-likeness (QED) is 0.660. The molecule has 2 aliphatic rings. The third-order valence-corrected chi connectivity index (χ3v) is 6.72. The number of guanidine groups is 2. The van der Waals surface area contributed by atoms with Crippen LogP contribution in [0.25, 0.3) is 0 Å². The van der Waals surface area contributed by atoms with Crippen LogP contribution in [0.15, 0.2) is 56.4 Å². The summed E-state index contributed by atoms with van der Waals surface area (Å²) in [6.07, 6.45) is 1.12. The lowest BCUT2D eigenvalue weighted by molar-refractivity contribution is -0.137. The first-order chi connectivity index (χ1) is 14.7. The molecule has 1 aliphatic heterocycles. The van der Waals surface area contributed by atoms with Crippen LogP contribution >= 0.6 is 23.4 Å². The van der Waals surface area contributed by atoms with Gasteiger partial charge in [0, 0.05) is 16.8 Å². The van der Waals surface area contributed by atoms with E-state index in [1.54, 1.807) is 0 Å². The van der Waals surface area contributed by atoms with Crippen LogP contribution in [0.2, 0.25) is 5.02 Å². The highest BCUT2D eigenvalue weighted by Gasteiger charge is 2.42. The first kappa shape index (κ1) is 21.8. The van der Waals surface area contributed by atoms with Crippen molar-refractivity contribution in [3.63, 3.8) is 0 Å². The van der Waals surface area contributed by atoms with Gasteiger partial charge in [0.2, 0.25) is 11.9 Å². The molecule has 2 heterocycles. The number of rotatable bonds is 3. The monoisotopic (exact) mass is 468 g/mol. The van der Waals surface area contributed by atoms with Crippen LogP contribution in [0.5, 0.6) is 0 Å². The van der Waals surface area contributed by atoms with Crippen LogP contribution in [-0.4, -0.2) is 22.6 Å². The summed E-state index contributed by atoms with van der Waals surface area (Å²) in [7, 11) is 0.